The number of hydrogen-bond acceptors (Lipinski definition) is 7. The highest BCUT2D eigenvalue weighted by Crippen LogP contribution is 2.22. The molecular weight excluding hydrogens is 268 g/mol. The number of anilines is 2. The zero-order chi connectivity index (χ0) is 15.1. The lowest BCUT2D eigenvalue weighted by molar-refractivity contribution is 0.254. The summed E-state index contributed by atoms with van der Waals surface area (Å²) in [6.07, 6.45) is 5.36. The minimum Gasteiger partial charge on any atom is -0.464 e. The van der Waals surface area contributed by atoms with Gasteiger partial charge in [-0.1, -0.05) is 12.8 Å². The molecule has 7 nitrogen and oxygen atoms in total. The van der Waals surface area contributed by atoms with Crippen molar-refractivity contribution in [2.75, 3.05) is 44.4 Å². The molecule has 0 spiro atoms. The molecule has 1 aromatic rings. The molecule has 1 aliphatic rings. The van der Waals surface area contributed by atoms with Crippen LogP contribution in [0.3, 0.4) is 0 Å². The zero-order valence-electron chi connectivity index (χ0n) is 13.2. The summed E-state index contributed by atoms with van der Waals surface area (Å²) in [6.45, 7) is 4.24. The Balaban J connectivity index is 1.85. The molecule has 0 unspecified atom stereocenters. The van der Waals surface area contributed by atoms with E-state index in [-0.39, 0.29) is 0 Å². The van der Waals surface area contributed by atoms with Gasteiger partial charge in [0.05, 0.1) is 6.61 Å². The Morgan fingerprint density at radius 1 is 1.19 bits per heavy atom. The summed E-state index contributed by atoms with van der Waals surface area (Å²) in [5.41, 5.74) is 0. The molecule has 1 heterocycles. The minimum atomic E-state index is 0.350. The molecule has 2 N–H and O–H groups in total. The Hall–Kier alpha value is -1.63. The Morgan fingerprint density at radius 2 is 1.90 bits per heavy atom. The maximum atomic E-state index is 5.35. The highest BCUT2D eigenvalue weighted by molar-refractivity contribution is 5.35. The van der Waals surface area contributed by atoms with Crippen LogP contribution in [0.1, 0.15) is 32.6 Å². The van der Waals surface area contributed by atoms with Crippen molar-refractivity contribution in [1.29, 1.82) is 0 Å². The lowest BCUT2D eigenvalue weighted by Crippen LogP contribution is -2.33. The van der Waals surface area contributed by atoms with Crippen LogP contribution in [0, 0.1) is 0 Å². The van der Waals surface area contributed by atoms with Crippen molar-refractivity contribution in [3.8, 4) is 6.01 Å². The third-order valence-corrected chi connectivity index (χ3v) is 3.81. The van der Waals surface area contributed by atoms with Crippen LogP contribution in [-0.4, -0.2) is 59.7 Å². The van der Waals surface area contributed by atoms with Crippen molar-refractivity contribution >= 4 is 11.9 Å². The van der Waals surface area contributed by atoms with Crippen LogP contribution in [0.5, 0.6) is 6.01 Å². The Morgan fingerprint density at radius 3 is 2.57 bits per heavy atom. The van der Waals surface area contributed by atoms with Crippen molar-refractivity contribution in [1.82, 2.24) is 19.9 Å². The van der Waals surface area contributed by atoms with E-state index in [1.165, 1.54) is 25.7 Å². The lowest BCUT2D eigenvalue weighted by Gasteiger charge is -2.23. The van der Waals surface area contributed by atoms with E-state index in [1.54, 1.807) is 7.05 Å². The summed E-state index contributed by atoms with van der Waals surface area (Å²) in [4.78, 5) is 15.1. The quantitative estimate of drug-likeness (QED) is 0.754. The van der Waals surface area contributed by atoms with E-state index in [0.717, 1.165) is 19.1 Å². The van der Waals surface area contributed by atoms with E-state index in [9.17, 15) is 0 Å². The molecule has 1 aliphatic carbocycles. The van der Waals surface area contributed by atoms with Gasteiger partial charge >= 0.3 is 6.01 Å². The molecule has 0 aliphatic heterocycles. The van der Waals surface area contributed by atoms with Crippen molar-refractivity contribution in [3.63, 3.8) is 0 Å². The van der Waals surface area contributed by atoms with Gasteiger partial charge < -0.3 is 20.3 Å². The number of rotatable bonds is 8. The van der Waals surface area contributed by atoms with Crippen LogP contribution < -0.4 is 15.4 Å². The topological polar surface area (TPSA) is 75.2 Å². The number of likely N-dealkylation sites (N-methyl/N-ethyl adjacent to an activating group) is 1. The van der Waals surface area contributed by atoms with Gasteiger partial charge in [0.2, 0.25) is 11.9 Å². The highest BCUT2D eigenvalue weighted by Gasteiger charge is 2.18. The fraction of sp³-hybridized carbons (Fsp3) is 0.786. The largest absolute Gasteiger partial charge is 0.464 e. The number of ether oxygens (including phenoxy) is 1. The Kier molecular flexibility index (Phi) is 5.98. The fourth-order valence-electron chi connectivity index (χ4n) is 2.61. The molecular formula is C14H26N6O. The first-order chi connectivity index (χ1) is 10.2. The first-order valence-electron chi connectivity index (χ1n) is 7.73. The predicted octanol–water partition coefficient (Wildman–Crippen LogP) is 1.60. The Labute approximate surface area is 126 Å². The summed E-state index contributed by atoms with van der Waals surface area (Å²) in [5, 5.41) is 6.17. The Bertz CT molecular complexity index is 435. The number of nitrogens with zero attached hydrogens (tertiary/aromatic N) is 4. The maximum Gasteiger partial charge on any atom is 0.323 e. The van der Waals surface area contributed by atoms with Gasteiger partial charge in [0, 0.05) is 26.2 Å². The SMILES string of the molecule is CCOc1nc(NC)nc(NCCN(C)C2CCCC2)n1. The minimum absolute atomic E-state index is 0.350. The molecule has 1 fully saturated rings. The van der Waals surface area contributed by atoms with Gasteiger partial charge in [0.1, 0.15) is 0 Å². The van der Waals surface area contributed by atoms with Crippen LogP contribution in [0.2, 0.25) is 0 Å². The molecule has 0 atom stereocenters. The van der Waals surface area contributed by atoms with Gasteiger partial charge in [0.15, 0.2) is 0 Å². The van der Waals surface area contributed by atoms with Crippen molar-refractivity contribution < 1.29 is 4.74 Å². The van der Waals surface area contributed by atoms with Crippen molar-refractivity contribution in [2.24, 2.45) is 0 Å². The summed E-state index contributed by atoms with van der Waals surface area (Å²) < 4.78 is 5.35. The molecule has 21 heavy (non-hydrogen) atoms. The molecule has 2 rings (SSSR count). The third-order valence-electron chi connectivity index (χ3n) is 3.81. The summed E-state index contributed by atoms with van der Waals surface area (Å²) in [6, 6.07) is 1.08. The average molecular weight is 294 g/mol. The molecule has 0 amide bonds. The van der Waals surface area contributed by atoms with E-state index < -0.39 is 0 Å². The number of nitrogens with one attached hydrogen (secondary N) is 2. The van der Waals surface area contributed by atoms with Gasteiger partial charge in [0.25, 0.3) is 0 Å². The van der Waals surface area contributed by atoms with Crippen LogP contribution in [0.15, 0.2) is 0 Å². The fourth-order valence-corrected chi connectivity index (χ4v) is 2.61. The second kappa shape index (κ2) is 7.97. The zero-order valence-corrected chi connectivity index (χ0v) is 13.2. The van der Waals surface area contributed by atoms with Crippen LogP contribution in [0.4, 0.5) is 11.9 Å². The van der Waals surface area contributed by atoms with E-state index in [1.807, 2.05) is 6.92 Å². The second-order valence-electron chi connectivity index (χ2n) is 5.29. The molecule has 0 saturated heterocycles. The van der Waals surface area contributed by atoms with Gasteiger partial charge in [-0.15, -0.1) is 0 Å². The molecule has 1 saturated carbocycles. The van der Waals surface area contributed by atoms with Crippen LogP contribution in [0.25, 0.3) is 0 Å². The van der Waals surface area contributed by atoms with Crippen LogP contribution >= 0.6 is 0 Å². The standard InChI is InChI=1S/C14H26N6O/c1-4-21-14-18-12(15-2)17-13(19-14)16-9-10-20(3)11-7-5-6-8-11/h11H,4-10H2,1-3H3,(H2,15,16,17,18,19). The average Bonchev–Trinajstić information content (AvgIpc) is 3.01. The second-order valence-corrected chi connectivity index (χ2v) is 5.29. The molecule has 0 bridgehead atoms. The van der Waals surface area contributed by atoms with Crippen LogP contribution in [-0.2, 0) is 0 Å². The van der Waals surface area contributed by atoms with Crippen molar-refractivity contribution in [2.45, 2.75) is 38.6 Å². The third kappa shape index (κ3) is 4.70. The van der Waals surface area contributed by atoms with Crippen molar-refractivity contribution in [3.05, 3.63) is 0 Å². The lowest BCUT2D eigenvalue weighted by atomic mass is 10.2. The smallest absolute Gasteiger partial charge is 0.323 e. The summed E-state index contributed by atoms with van der Waals surface area (Å²) in [7, 11) is 3.97. The number of hydrogen-bond donors (Lipinski definition) is 2. The summed E-state index contributed by atoms with van der Waals surface area (Å²) in [5.74, 6) is 1.07. The maximum absolute atomic E-state index is 5.35. The van der Waals surface area contributed by atoms with E-state index in [2.05, 4.69) is 37.5 Å². The first-order valence-corrected chi connectivity index (χ1v) is 7.73. The molecule has 0 radical (unpaired) electrons. The van der Waals surface area contributed by atoms with Gasteiger partial charge in [-0.05, 0) is 26.8 Å². The van der Waals surface area contributed by atoms with Gasteiger partial charge in [-0.2, -0.15) is 15.0 Å². The highest BCUT2D eigenvalue weighted by atomic mass is 16.5. The molecule has 0 aromatic carbocycles. The van der Waals surface area contributed by atoms with E-state index in [4.69, 9.17) is 4.74 Å². The molecule has 1 aromatic heterocycles. The summed E-state index contributed by atoms with van der Waals surface area (Å²) >= 11 is 0. The first kappa shape index (κ1) is 15.8. The van der Waals surface area contributed by atoms with E-state index >= 15 is 0 Å². The molecule has 7 heteroatoms. The van der Waals surface area contributed by atoms with Gasteiger partial charge in [-0.25, -0.2) is 0 Å². The van der Waals surface area contributed by atoms with E-state index in [0.29, 0.717) is 24.5 Å². The normalized spacial score (nSPS) is 15.4. The van der Waals surface area contributed by atoms with Gasteiger partial charge in [-0.3, -0.25) is 0 Å². The molecule has 118 valence electrons. The number of aromatic nitrogens is 3. The monoisotopic (exact) mass is 294 g/mol. The predicted molar refractivity (Wildman–Crippen MR) is 83.9 cm³/mol.